The van der Waals surface area contributed by atoms with Gasteiger partial charge in [0.05, 0.1) is 0 Å². The molecule has 8 nitrogen and oxygen atoms in total. The molecular weight excluding hydrogens is 313 g/mol. The first-order chi connectivity index (χ1) is 7.53. The number of rotatable bonds is 3. The second kappa shape index (κ2) is 6.45. The minimum atomic E-state index is -5.26. The van der Waals surface area contributed by atoms with Gasteiger partial charge in [-0.15, -0.1) is 11.3 Å². The zero-order chi connectivity index (χ0) is 13.4. The average molecular weight is 324 g/mol. The van der Waals surface area contributed by atoms with Gasteiger partial charge in [-0.3, -0.25) is 4.57 Å². The van der Waals surface area contributed by atoms with Crippen molar-refractivity contribution in [1.82, 2.24) is 4.57 Å². The largest absolute Gasteiger partial charge is 1.00 e. The molecule has 0 saturated heterocycles. The minimum Gasteiger partial charge on any atom is -0.777 e. The SMILES string of the molecule is Cc1cs/c(=N\C(P(=O)([O-])O)P(=O)(O)O)n1C.[Na+]. The van der Waals surface area contributed by atoms with Gasteiger partial charge in [0.1, 0.15) is 0 Å². The molecule has 1 heterocycles. The van der Waals surface area contributed by atoms with Gasteiger partial charge < -0.3 is 28.7 Å². The molecule has 0 amide bonds. The van der Waals surface area contributed by atoms with Crippen molar-refractivity contribution in [3.63, 3.8) is 0 Å². The summed E-state index contributed by atoms with van der Waals surface area (Å²) < 4.78 is 23.3. The zero-order valence-corrected chi connectivity index (χ0v) is 14.5. The van der Waals surface area contributed by atoms with Crippen LogP contribution in [0, 0.1) is 6.92 Å². The summed E-state index contributed by atoms with van der Waals surface area (Å²) in [5.41, 5.74) is -1.71. The van der Waals surface area contributed by atoms with Crippen LogP contribution in [0.4, 0.5) is 0 Å². The zero-order valence-electron chi connectivity index (χ0n) is 9.92. The summed E-state index contributed by atoms with van der Waals surface area (Å²) in [5, 5.41) is 1.64. The topological polar surface area (TPSA) is 135 Å². The fraction of sp³-hybridized carbons (Fsp3) is 0.500. The molecule has 12 heteroatoms. The normalized spacial score (nSPS) is 18.0. The van der Waals surface area contributed by atoms with Crippen molar-refractivity contribution >= 4 is 26.5 Å². The van der Waals surface area contributed by atoms with E-state index in [4.69, 9.17) is 14.7 Å². The van der Waals surface area contributed by atoms with Crippen molar-refractivity contribution in [2.75, 3.05) is 0 Å². The summed E-state index contributed by atoms with van der Waals surface area (Å²) >= 11 is 1.02. The number of aromatic nitrogens is 1. The van der Waals surface area contributed by atoms with E-state index < -0.39 is 20.7 Å². The van der Waals surface area contributed by atoms with Crippen molar-refractivity contribution in [3.05, 3.63) is 15.9 Å². The Kier molecular flexibility index (Phi) is 6.72. The van der Waals surface area contributed by atoms with Gasteiger partial charge >= 0.3 is 37.2 Å². The van der Waals surface area contributed by atoms with Gasteiger partial charge in [-0.1, -0.05) is 0 Å². The van der Waals surface area contributed by atoms with E-state index >= 15 is 0 Å². The fourth-order valence-corrected chi connectivity index (χ4v) is 4.10. The summed E-state index contributed by atoms with van der Waals surface area (Å²) in [5.74, 6) is 0. The molecule has 0 radical (unpaired) electrons. The van der Waals surface area contributed by atoms with Crippen LogP contribution in [0.15, 0.2) is 10.4 Å². The molecule has 98 valence electrons. The van der Waals surface area contributed by atoms with Crippen molar-refractivity contribution < 1.29 is 58.3 Å². The molecule has 0 spiro atoms. The first-order valence-electron chi connectivity index (χ1n) is 4.27. The van der Waals surface area contributed by atoms with Crippen LogP contribution < -0.4 is 39.3 Å². The van der Waals surface area contributed by atoms with Crippen molar-refractivity contribution in [1.29, 1.82) is 0 Å². The summed E-state index contributed by atoms with van der Waals surface area (Å²) in [7, 11) is -8.77. The second-order valence-corrected chi connectivity index (χ2v) is 7.88. The molecular formula is C6H11N2NaO6P2S. The summed E-state index contributed by atoms with van der Waals surface area (Å²) in [6, 6.07) is 0. The molecule has 0 aliphatic heterocycles. The molecule has 0 fully saturated rings. The molecule has 0 aliphatic carbocycles. The molecule has 18 heavy (non-hydrogen) atoms. The van der Waals surface area contributed by atoms with Gasteiger partial charge in [-0.05, 0) is 6.92 Å². The Bertz CT molecular complexity index is 549. The third-order valence-electron chi connectivity index (χ3n) is 1.97. The Morgan fingerprint density at radius 1 is 1.44 bits per heavy atom. The van der Waals surface area contributed by atoms with E-state index in [0.29, 0.717) is 0 Å². The quantitative estimate of drug-likeness (QED) is 0.387. The summed E-state index contributed by atoms with van der Waals surface area (Å²) in [6.07, 6.45) is 0. The van der Waals surface area contributed by atoms with E-state index in [0.717, 1.165) is 17.0 Å². The first-order valence-corrected chi connectivity index (χ1v) is 8.48. The van der Waals surface area contributed by atoms with Crippen LogP contribution in [0.3, 0.4) is 0 Å². The van der Waals surface area contributed by atoms with Crippen molar-refractivity contribution in [2.24, 2.45) is 12.0 Å². The molecule has 1 aromatic rings. The van der Waals surface area contributed by atoms with Gasteiger partial charge in [0, 0.05) is 18.1 Å². The Balaban J connectivity index is 0.00000289. The monoisotopic (exact) mass is 324 g/mol. The Hall–Kier alpha value is 0.730. The van der Waals surface area contributed by atoms with Crippen LogP contribution in [0.2, 0.25) is 0 Å². The van der Waals surface area contributed by atoms with Gasteiger partial charge in [-0.25, -0.2) is 4.99 Å². The van der Waals surface area contributed by atoms with E-state index in [9.17, 15) is 14.0 Å². The van der Waals surface area contributed by atoms with Gasteiger partial charge in [0.2, 0.25) is 5.52 Å². The standard InChI is InChI=1S/C6H12N2O6P2S.Na/c1-4-3-17-5(8(4)2)7-6(15(9,10)11)16(12,13)14;/h3,6H,1-2H3,(H2,9,10,11)(H2,12,13,14);/q;+1/p-1/b7-5-;. The number of hydrogen-bond donors (Lipinski definition) is 3. The van der Waals surface area contributed by atoms with Crippen LogP contribution in [0.25, 0.3) is 0 Å². The summed E-state index contributed by atoms with van der Waals surface area (Å²) in [4.78, 5) is 40.9. The number of thiazole rings is 1. The van der Waals surface area contributed by atoms with Crippen LogP contribution in [0.1, 0.15) is 5.69 Å². The molecule has 0 aliphatic rings. The third-order valence-corrected chi connectivity index (χ3v) is 6.21. The maximum atomic E-state index is 11.0. The Labute approximate surface area is 129 Å². The average Bonchev–Trinajstić information content (AvgIpc) is 2.40. The fourth-order valence-electron chi connectivity index (χ4n) is 1.00. The number of aryl methyl sites for hydroxylation is 1. The predicted molar refractivity (Wildman–Crippen MR) is 59.2 cm³/mol. The van der Waals surface area contributed by atoms with E-state index in [1.807, 2.05) is 0 Å². The van der Waals surface area contributed by atoms with Gasteiger partial charge in [-0.2, -0.15) is 0 Å². The first kappa shape index (κ1) is 18.7. The Morgan fingerprint density at radius 3 is 2.22 bits per heavy atom. The number of hydrogen-bond acceptors (Lipinski definition) is 5. The molecule has 2 unspecified atom stereocenters. The molecule has 2 atom stereocenters. The summed E-state index contributed by atoms with van der Waals surface area (Å²) in [6.45, 7) is 1.72. The molecule has 0 saturated carbocycles. The van der Waals surface area contributed by atoms with Crippen LogP contribution >= 0.6 is 26.5 Å². The smallest absolute Gasteiger partial charge is 0.777 e. The Morgan fingerprint density at radius 2 is 1.94 bits per heavy atom. The molecule has 1 rings (SSSR count). The van der Waals surface area contributed by atoms with E-state index in [-0.39, 0.29) is 34.4 Å². The third kappa shape index (κ3) is 4.68. The molecule has 3 N–H and O–H groups in total. The molecule has 1 aromatic heterocycles. The van der Waals surface area contributed by atoms with Crippen LogP contribution in [0.5, 0.6) is 0 Å². The van der Waals surface area contributed by atoms with E-state index in [1.54, 1.807) is 19.4 Å². The molecule has 0 aromatic carbocycles. The van der Waals surface area contributed by atoms with Crippen LogP contribution in [-0.2, 0) is 16.2 Å². The second-order valence-electron chi connectivity index (χ2n) is 3.35. The van der Waals surface area contributed by atoms with E-state index in [2.05, 4.69) is 4.99 Å². The maximum absolute atomic E-state index is 11.0. The van der Waals surface area contributed by atoms with E-state index in [1.165, 1.54) is 4.57 Å². The maximum Gasteiger partial charge on any atom is 1.00 e. The number of nitrogens with zero attached hydrogens (tertiary/aromatic N) is 2. The minimum absolute atomic E-state index is 0. The van der Waals surface area contributed by atoms with Gasteiger partial charge in [0.15, 0.2) is 12.4 Å². The van der Waals surface area contributed by atoms with Gasteiger partial charge in [0.25, 0.3) is 0 Å². The molecule has 0 bridgehead atoms. The predicted octanol–water partition coefficient (Wildman–Crippen LogP) is -3.69. The van der Waals surface area contributed by atoms with Crippen molar-refractivity contribution in [3.8, 4) is 0 Å². The van der Waals surface area contributed by atoms with Crippen molar-refractivity contribution in [2.45, 2.75) is 12.4 Å². The van der Waals surface area contributed by atoms with Crippen LogP contribution in [-0.4, -0.2) is 24.8 Å².